The van der Waals surface area contributed by atoms with Gasteiger partial charge in [0.15, 0.2) is 0 Å². The van der Waals surface area contributed by atoms with Crippen molar-refractivity contribution in [1.29, 1.82) is 0 Å². The summed E-state index contributed by atoms with van der Waals surface area (Å²) in [5.41, 5.74) is 2.35. The molecule has 1 aromatic rings. The second kappa shape index (κ2) is 6.22. The number of nitrogens with one attached hydrogen (secondary N) is 2. The maximum atomic E-state index is 4.55. The summed E-state index contributed by atoms with van der Waals surface area (Å²) in [4.78, 5) is 4.37. The Kier molecular flexibility index (Phi) is 4.15. The lowest BCUT2D eigenvalue weighted by molar-refractivity contribution is -0.389. The number of guanidine groups is 1. The minimum atomic E-state index is 0.519. The quantitative estimate of drug-likeness (QED) is 0.810. The number of hydrogen-bond acceptors (Lipinski definition) is 3. The molecule has 0 unspecified atom stereocenters. The molecule has 2 N–H and O–H groups in total. The third-order valence-corrected chi connectivity index (χ3v) is 4.00. The zero-order valence-corrected chi connectivity index (χ0v) is 12.5. The zero-order valence-electron chi connectivity index (χ0n) is 12.5. The molecule has 0 amide bonds. The number of rotatable bonds is 3. The van der Waals surface area contributed by atoms with Crippen molar-refractivity contribution >= 4 is 18.3 Å². The average molecular weight is 287 g/mol. The average Bonchev–Trinajstić information content (AvgIpc) is 3.00. The number of hydrogen-bond donors (Lipinski definition) is 2. The molecule has 6 nitrogen and oxygen atoms in total. The third-order valence-electron chi connectivity index (χ3n) is 4.00. The lowest BCUT2D eigenvalue weighted by atomic mass is 10.1. The van der Waals surface area contributed by atoms with E-state index in [1.807, 2.05) is 23.9 Å². The second-order valence-corrected chi connectivity index (χ2v) is 5.50. The predicted octanol–water partition coefficient (Wildman–Crippen LogP) is 0.841. The highest BCUT2D eigenvalue weighted by molar-refractivity contribution is 5.81. The van der Waals surface area contributed by atoms with Crippen LogP contribution in [-0.2, 0) is 0 Å². The molecule has 0 aromatic carbocycles. The molecule has 1 fully saturated rings. The monoisotopic (exact) mass is 287 g/mol. The van der Waals surface area contributed by atoms with Gasteiger partial charge in [0.05, 0.1) is 25.0 Å². The summed E-state index contributed by atoms with van der Waals surface area (Å²) >= 11 is 0. The van der Waals surface area contributed by atoms with E-state index in [4.69, 9.17) is 0 Å². The Labute approximate surface area is 125 Å². The third kappa shape index (κ3) is 3.05. The molecule has 21 heavy (non-hydrogen) atoms. The van der Waals surface area contributed by atoms with Gasteiger partial charge < -0.3 is 5.32 Å². The van der Waals surface area contributed by atoms with E-state index >= 15 is 0 Å². The van der Waals surface area contributed by atoms with Crippen LogP contribution in [0.5, 0.6) is 0 Å². The lowest BCUT2D eigenvalue weighted by Gasteiger charge is -2.22. The summed E-state index contributed by atoms with van der Waals surface area (Å²) < 4.78 is 4.00. The Morgan fingerprint density at radius 3 is 3.00 bits per heavy atom. The smallest absolute Gasteiger partial charge is 0.317 e. The van der Waals surface area contributed by atoms with E-state index < -0.39 is 0 Å². The number of aromatic nitrogens is 2. The Bertz CT molecular complexity index is 577. The number of piperidine rings is 1. The molecule has 0 radical (unpaired) electrons. The van der Waals surface area contributed by atoms with E-state index in [9.17, 15) is 0 Å². The maximum Gasteiger partial charge on any atom is 0.390 e. The van der Waals surface area contributed by atoms with E-state index in [0.717, 1.165) is 50.5 Å². The van der Waals surface area contributed by atoms with Gasteiger partial charge in [-0.1, -0.05) is 0 Å². The van der Waals surface area contributed by atoms with Crippen molar-refractivity contribution < 1.29 is 4.58 Å². The normalized spacial score (nSPS) is 22.2. The Balaban J connectivity index is 1.74. The van der Waals surface area contributed by atoms with Crippen LogP contribution in [0.25, 0.3) is 5.57 Å². The molecule has 0 spiro atoms. The summed E-state index contributed by atoms with van der Waals surface area (Å²) in [6.07, 6.45) is 8.41. The first-order valence-corrected chi connectivity index (χ1v) is 7.61. The van der Waals surface area contributed by atoms with Gasteiger partial charge in [-0.25, -0.2) is 9.89 Å². The van der Waals surface area contributed by atoms with Crippen LogP contribution in [0.1, 0.15) is 31.4 Å². The van der Waals surface area contributed by atoms with Crippen LogP contribution in [0.15, 0.2) is 23.6 Å². The van der Waals surface area contributed by atoms with Gasteiger partial charge in [-0.3, -0.25) is 4.68 Å². The fourth-order valence-corrected chi connectivity index (χ4v) is 2.81. The van der Waals surface area contributed by atoms with Crippen LogP contribution in [-0.4, -0.2) is 53.2 Å². The molecule has 3 rings (SSSR count). The zero-order chi connectivity index (χ0) is 14.7. The summed E-state index contributed by atoms with van der Waals surface area (Å²) in [6, 6.07) is 0.519. The van der Waals surface area contributed by atoms with Crippen molar-refractivity contribution in [3.05, 3.63) is 24.2 Å². The fourth-order valence-electron chi connectivity index (χ4n) is 2.81. The summed E-state index contributed by atoms with van der Waals surface area (Å²) in [7, 11) is 0. The largest absolute Gasteiger partial charge is 0.390 e. The summed E-state index contributed by atoms with van der Waals surface area (Å²) in [5, 5.41) is 11.1. The summed E-state index contributed by atoms with van der Waals surface area (Å²) in [5.74, 6) is 0.826. The van der Waals surface area contributed by atoms with Crippen LogP contribution in [0, 0.1) is 0 Å². The van der Waals surface area contributed by atoms with Gasteiger partial charge >= 0.3 is 5.96 Å². The van der Waals surface area contributed by atoms with Crippen molar-refractivity contribution in [2.75, 3.05) is 26.2 Å². The Hall–Kier alpha value is -1.95. The highest BCUT2D eigenvalue weighted by Gasteiger charge is 2.21. The van der Waals surface area contributed by atoms with Gasteiger partial charge in [-0.15, -0.1) is 4.99 Å². The van der Waals surface area contributed by atoms with Crippen LogP contribution < -0.4 is 10.6 Å². The van der Waals surface area contributed by atoms with Gasteiger partial charge in [-0.2, -0.15) is 5.10 Å². The van der Waals surface area contributed by atoms with Crippen molar-refractivity contribution in [1.82, 2.24) is 20.4 Å². The molecule has 112 valence electrons. The van der Waals surface area contributed by atoms with E-state index in [-0.39, 0.29) is 0 Å². The molecule has 2 aliphatic rings. The van der Waals surface area contributed by atoms with E-state index in [1.165, 1.54) is 5.57 Å². The van der Waals surface area contributed by atoms with Crippen LogP contribution >= 0.6 is 0 Å². The van der Waals surface area contributed by atoms with Gasteiger partial charge in [-0.05, 0) is 32.9 Å². The first kappa shape index (κ1) is 14.0. The van der Waals surface area contributed by atoms with Crippen LogP contribution in [0.4, 0.5) is 0 Å². The first-order valence-electron chi connectivity index (χ1n) is 7.61. The minimum Gasteiger partial charge on any atom is -0.317 e. The van der Waals surface area contributed by atoms with Crippen LogP contribution in [0.3, 0.4) is 0 Å². The topological polar surface area (TPSA) is 57.2 Å². The van der Waals surface area contributed by atoms with E-state index in [1.54, 1.807) is 0 Å². The van der Waals surface area contributed by atoms with E-state index in [0.29, 0.717) is 6.04 Å². The second-order valence-electron chi connectivity index (χ2n) is 5.50. The highest BCUT2D eigenvalue weighted by Crippen LogP contribution is 2.21. The number of aliphatic imine (C=N–C) groups is 1. The van der Waals surface area contributed by atoms with E-state index in [2.05, 4.69) is 38.3 Å². The standard InChI is InChI=1S/C15H23N6/c1-3-17-15-18-8-12(10-20(15)2)13-9-19-21(11-13)14-4-6-16-7-5-14/h8-9,11,14,16H,2-7,10H2,1H3,(H,17,18)/q+1. The van der Waals surface area contributed by atoms with Crippen molar-refractivity contribution in [2.24, 2.45) is 4.99 Å². The summed E-state index contributed by atoms with van der Waals surface area (Å²) in [6.45, 7) is 9.72. The van der Waals surface area contributed by atoms with Gasteiger partial charge in [0.25, 0.3) is 0 Å². The lowest BCUT2D eigenvalue weighted by Crippen LogP contribution is -2.36. The van der Waals surface area contributed by atoms with Crippen LogP contribution in [0.2, 0.25) is 0 Å². The fraction of sp³-hybridized carbons (Fsp3) is 0.533. The molecular formula is C15H23N6+. The SMILES string of the molecule is C=[N+]1CC(c2cnn(C3CCNCC3)c2)=CNC1=NCC. The molecule has 3 heterocycles. The molecular weight excluding hydrogens is 264 g/mol. The first-order chi connectivity index (χ1) is 10.3. The van der Waals surface area contributed by atoms with Gasteiger partial charge in [0, 0.05) is 24.1 Å². The molecule has 2 aliphatic heterocycles. The molecule has 1 aromatic heterocycles. The van der Waals surface area contributed by atoms with Crippen molar-refractivity contribution in [3.8, 4) is 0 Å². The highest BCUT2D eigenvalue weighted by atomic mass is 15.3. The predicted molar refractivity (Wildman–Crippen MR) is 84.7 cm³/mol. The molecule has 1 saturated heterocycles. The Morgan fingerprint density at radius 2 is 2.29 bits per heavy atom. The van der Waals surface area contributed by atoms with Crippen molar-refractivity contribution in [2.45, 2.75) is 25.8 Å². The number of nitrogens with zero attached hydrogens (tertiary/aromatic N) is 4. The van der Waals surface area contributed by atoms with Gasteiger partial charge in [0.2, 0.25) is 0 Å². The molecule has 0 atom stereocenters. The Morgan fingerprint density at radius 1 is 1.48 bits per heavy atom. The maximum absolute atomic E-state index is 4.55. The molecule has 0 saturated carbocycles. The molecule has 0 bridgehead atoms. The molecule has 6 heteroatoms. The van der Waals surface area contributed by atoms with Gasteiger partial charge in [0.1, 0.15) is 6.54 Å². The molecule has 0 aliphatic carbocycles. The van der Waals surface area contributed by atoms with Crippen molar-refractivity contribution in [3.63, 3.8) is 0 Å². The minimum absolute atomic E-state index is 0.519.